The standard InChI is InChI=1S/C11H5BrClF2N3S/c12-10-9(4(13)3-19-10)18-11-16-7-1-5(14)6(15)2-8(7)17-11/h1-3H,(H2,16,17,18). The van der Waals surface area contributed by atoms with Gasteiger partial charge in [0.05, 0.1) is 25.5 Å². The first-order chi connectivity index (χ1) is 9.04. The molecular weight excluding hydrogens is 360 g/mol. The zero-order valence-electron chi connectivity index (χ0n) is 9.10. The molecule has 0 aliphatic heterocycles. The molecule has 0 aliphatic carbocycles. The maximum Gasteiger partial charge on any atom is 0.205 e. The van der Waals surface area contributed by atoms with Crippen molar-refractivity contribution in [3.8, 4) is 0 Å². The number of thiophene rings is 1. The third-order valence-electron chi connectivity index (χ3n) is 2.47. The number of anilines is 2. The van der Waals surface area contributed by atoms with Gasteiger partial charge in [-0.3, -0.25) is 0 Å². The molecule has 8 heteroatoms. The van der Waals surface area contributed by atoms with Gasteiger partial charge in [0.25, 0.3) is 0 Å². The van der Waals surface area contributed by atoms with Gasteiger partial charge >= 0.3 is 0 Å². The van der Waals surface area contributed by atoms with Crippen LogP contribution in [0.15, 0.2) is 21.3 Å². The lowest BCUT2D eigenvalue weighted by Gasteiger charge is -2.00. The molecule has 3 rings (SSSR count). The summed E-state index contributed by atoms with van der Waals surface area (Å²) in [6.07, 6.45) is 0. The predicted octanol–water partition coefficient (Wildman–Crippen LogP) is 5.06. The quantitative estimate of drug-likeness (QED) is 0.667. The summed E-state index contributed by atoms with van der Waals surface area (Å²) in [5, 5.41) is 5.27. The van der Waals surface area contributed by atoms with Gasteiger partial charge in [-0.15, -0.1) is 11.3 Å². The molecule has 19 heavy (non-hydrogen) atoms. The van der Waals surface area contributed by atoms with E-state index in [1.165, 1.54) is 11.3 Å². The van der Waals surface area contributed by atoms with Crippen LogP contribution in [0.1, 0.15) is 0 Å². The highest BCUT2D eigenvalue weighted by Gasteiger charge is 2.12. The molecule has 0 unspecified atom stereocenters. The molecule has 2 N–H and O–H groups in total. The normalized spacial score (nSPS) is 11.2. The van der Waals surface area contributed by atoms with Crippen molar-refractivity contribution in [3.63, 3.8) is 0 Å². The number of rotatable bonds is 2. The topological polar surface area (TPSA) is 40.7 Å². The van der Waals surface area contributed by atoms with E-state index in [-0.39, 0.29) is 0 Å². The third kappa shape index (κ3) is 2.33. The van der Waals surface area contributed by atoms with E-state index >= 15 is 0 Å². The lowest BCUT2D eigenvalue weighted by Crippen LogP contribution is -1.91. The molecule has 0 saturated carbocycles. The molecule has 0 spiro atoms. The minimum Gasteiger partial charge on any atom is -0.324 e. The second-order valence-corrected chi connectivity index (χ2v) is 6.33. The monoisotopic (exact) mass is 363 g/mol. The van der Waals surface area contributed by atoms with Gasteiger partial charge in [-0.05, 0) is 15.9 Å². The van der Waals surface area contributed by atoms with Gasteiger partial charge in [-0.2, -0.15) is 0 Å². The highest BCUT2D eigenvalue weighted by Crippen LogP contribution is 2.38. The van der Waals surface area contributed by atoms with Crippen LogP contribution in [-0.4, -0.2) is 9.97 Å². The summed E-state index contributed by atoms with van der Waals surface area (Å²) in [5.41, 5.74) is 1.40. The maximum atomic E-state index is 13.1. The highest BCUT2D eigenvalue weighted by molar-refractivity contribution is 9.11. The number of benzene rings is 1. The Bertz CT molecular complexity index is 712. The van der Waals surface area contributed by atoms with E-state index in [0.29, 0.717) is 27.7 Å². The Balaban J connectivity index is 2.02. The molecule has 98 valence electrons. The Morgan fingerprint density at radius 1 is 1.32 bits per heavy atom. The van der Waals surface area contributed by atoms with E-state index in [1.54, 1.807) is 5.38 Å². The Hall–Kier alpha value is -1.18. The molecule has 2 aromatic heterocycles. The smallest absolute Gasteiger partial charge is 0.205 e. The van der Waals surface area contributed by atoms with Crippen LogP contribution in [0.5, 0.6) is 0 Å². The van der Waals surface area contributed by atoms with Gasteiger partial charge in [-0.1, -0.05) is 11.6 Å². The molecule has 3 aromatic rings. The van der Waals surface area contributed by atoms with Crippen LogP contribution in [-0.2, 0) is 0 Å². The van der Waals surface area contributed by atoms with Crippen molar-refractivity contribution in [2.75, 3.05) is 5.32 Å². The molecular formula is C11H5BrClF2N3S. The van der Waals surface area contributed by atoms with Gasteiger partial charge in [0, 0.05) is 17.5 Å². The molecule has 0 radical (unpaired) electrons. The first-order valence-electron chi connectivity index (χ1n) is 5.09. The minimum absolute atomic E-state index is 0.337. The zero-order valence-corrected chi connectivity index (χ0v) is 12.3. The molecule has 0 amide bonds. The van der Waals surface area contributed by atoms with Crippen LogP contribution >= 0.6 is 38.9 Å². The molecule has 0 bridgehead atoms. The van der Waals surface area contributed by atoms with Crippen molar-refractivity contribution in [1.82, 2.24) is 9.97 Å². The van der Waals surface area contributed by atoms with Crippen molar-refractivity contribution in [2.24, 2.45) is 0 Å². The molecule has 0 aliphatic rings. The summed E-state index contributed by atoms with van der Waals surface area (Å²) in [5.74, 6) is -1.49. The fraction of sp³-hybridized carbons (Fsp3) is 0. The number of aromatic amines is 1. The van der Waals surface area contributed by atoms with Gasteiger partial charge in [0.2, 0.25) is 5.95 Å². The van der Waals surface area contributed by atoms with Crippen molar-refractivity contribution in [3.05, 3.63) is 38.0 Å². The van der Waals surface area contributed by atoms with Crippen LogP contribution in [0.4, 0.5) is 20.4 Å². The van der Waals surface area contributed by atoms with Gasteiger partial charge in [-0.25, -0.2) is 13.8 Å². The van der Waals surface area contributed by atoms with Crippen LogP contribution < -0.4 is 5.32 Å². The van der Waals surface area contributed by atoms with E-state index in [2.05, 4.69) is 31.2 Å². The average molecular weight is 365 g/mol. The van der Waals surface area contributed by atoms with E-state index in [0.717, 1.165) is 15.9 Å². The van der Waals surface area contributed by atoms with E-state index in [9.17, 15) is 8.78 Å². The largest absolute Gasteiger partial charge is 0.324 e. The van der Waals surface area contributed by atoms with Crippen LogP contribution in [0.25, 0.3) is 11.0 Å². The first-order valence-corrected chi connectivity index (χ1v) is 7.14. The van der Waals surface area contributed by atoms with E-state index in [4.69, 9.17) is 11.6 Å². The van der Waals surface area contributed by atoms with Crippen molar-refractivity contribution in [2.45, 2.75) is 0 Å². The summed E-state index contributed by atoms with van der Waals surface area (Å²) in [6, 6.07) is 2.10. The van der Waals surface area contributed by atoms with Crippen molar-refractivity contribution < 1.29 is 8.78 Å². The number of H-pyrrole nitrogens is 1. The molecule has 2 heterocycles. The lowest BCUT2D eigenvalue weighted by atomic mass is 10.3. The summed E-state index contributed by atoms with van der Waals surface area (Å²) in [4.78, 5) is 6.98. The number of fused-ring (bicyclic) bond motifs is 1. The minimum atomic E-state index is -0.930. The summed E-state index contributed by atoms with van der Waals surface area (Å²) < 4.78 is 27.0. The fourth-order valence-corrected chi connectivity index (χ4v) is 3.25. The van der Waals surface area contributed by atoms with Gasteiger partial charge in [0.1, 0.15) is 0 Å². The number of imidazole rings is 1. The first kappa shape index (κ1) is 12.8. The second kappa shape index (κ2) is 4.73. The molecule has 1 aromatic carbocycles. The summed E-state index contributed by atoms with van der Waals surface area (Å²) in [7, 11) is 0. The summed E-state index contributed by atoms with van der Waals surface area (Å²) in [6.45, 7) is 0. The Morgan fingerprint density at radius 2 is 2.05 bits per heavy atom. The highest BCUT2D eigenvalue weighted by atomic mass is 79.9. The van der Waals surface area contributed by atoms with Crippen molar-refractivity contribution >= 4 is 61.5 Å². The fourth-order valence-electron chi connectivity index (χ4n) is 1.61. The SMILES string of the molecule is Fc1cc2nc(Nc3c(Cl)csc3Br)[nH]c2cc1F. The Morgan fingerprint density at radius 3 is 2.74 bits per heavy atom. The van der Waals surface area contributed by atoms with E-state index in [1.807, 2.05) is 0 Å². The molecule has 0 atom stereocenters. The second-order valence-electron chi connectivity index (χ2n) is 3.73. The zero-order chi connectivity index (χ0) is 13.6. The number of aromatic nitrogens is 2. The van der Waals surface area contributed by atoms with E-state index < -0.39 is 11.6 Å². The molecule has 3 nitrogen and oxygen atoms in total. The van der Waals surface area contributed by atoms with Gasteiger partial charge < -0.3 is 10.3 Å². The van der Waals surface area contributed by atoms with Crippen molar-refractivity contribution in [1.29, 1.82) is 0 Å². The number of nitrogens with one attached hydrogen (secondary N) is 2. The van der Waals surface area contributed by atoms with Crippen LogP contribution in [0.3, 0.4) is 0 Å². The predicted molar refractivity (Wildman–Crippen MR) is 76.3 cm³/mol. The Kier molecular flexibility index (Phi) is 3.20. The average Bonchev–Trinajstić information content (AvgIpc) is 2.88. The number of hydrogen-bond donors (Lipinski definition) is 2. The maximum absolute atomic E-state index is 13.1. The van der Waals surface area contributed by atoms with Crippen LogP contribution in [0.2, 0.25) is 5.02 Å². The third-order valence-corrected chi connectivity index (χ3v) is 4.62. The summed E-state index contributed by atoms with van der Waals surface area (Å²) >= 11 is 10.8. The number of nitrogens with zero attached hydrogens (tertiary/aromatic N) is 1. The number of halogens is 4. The Labute approximate surface area is 123 Å². The van der Waals surface area contributed by atoms with Gasteiger partial charge in [0.15, 0.2) is 11.6 Å². The lowest BCUT2D eigenvalue weighted by molar-refractivity contribution is 0.510. The van der Waals surface area contributed by atoms with Crippen LogP contribution in [0, 0.1) is 11.6 Å². The molecule has 0 fully saturated rings. The molecule has 0 saturated heterocycles. The number of hydrogen-bond acceptors (Lipinski definition) is 3.